The molecule has 7 heteroatoms. The van der Waals surface area contributed by atoms with Crippen molar-refractivity contribution in [1.29, 1.82) is 0 Å². The number of nitrogens with zero attached hydrogens (tertiary/aromatic N) is 3. The topological polar surface area (TPSA) is 69.0 Å². The maximum absolute atomic E-state index is 13.5. The molecule has 2 heterocycles. The van der Waals surface area contributed by atoms with Crippen LogP contribution in [-0.4, -0.2) is 26.8 Å². The van der Waals surface area contributed by atoms with Gasteiger partial charge in [-0.15, -0.1) is 0 Å². The van der Waals surface area contributed by atoms with E-state index in [0.29, 0.717) is 34.3 Å². The maximum atomic E-state index is 13.5. The van der Waals surface area contributed by atoms with E-state index < -0.39 is 6.04 Å². The Morgan fingerprint density at radius 1 is 1.33 bits per heavy atom. The van der Waals surface area contributed by atoms with Crippen LogP contribution in [0.25, 0.3) is 0 Å². The standard InChI is InChI=1S/C23H29ClN4O2/c1-13(2)18-9-8-14(3)10-19(18)30-22(29)20-15(4)27-23-25-12-26-28(23)21(20)16-6-5-7-17(24)11-16/h5-7,11-14,18-19,21H,8-10H2,1-4H3,(H,25,26,27)/t14-,18+,19-,21+/m1/s1. The number of carbonyl (C=O) groups is 1. The van der Waals surface area contributed by atoms with Crippen LogP contribution >= 0.6 is 11.6 Å². The Bertz CT molecular complexity index is 968. The Morgan fingerprint density at radius 3 is 2.87 bits per heavy atom. The number of carbonyl (C=O) groups excluding carboxylic acids is 1. The molecular formula is C23H29ClN4O2. The molecule has 0 unspecified atom stereocenters. The second-order valence-electron chi connectivity index (χ2n) is 8.92. The smallest absolute Gasteiger partial charge is 0.338 e. The van der Waals surface area contributed by atoms with Crippen LogP contribution < -0.4 is 5.32 Å². The van der Waals surface area contributed by atoms with Gasteiger partial charge < -0.3 is 10.1 Å². The van der Waals surface area contributed by atoms with Crippen LogP contribution in [0, 0.1) is 17.8 Å². The second-order valence-corrected chi connectivity index (χ2v) is 9.36. The van der Waals surface area contributed by atoms with Gasteiger partial charge in [-0.3, -0.25) is 0 Å². The molecule has 0 saturated heterocycles. The van der Waals surface area contributed by atoms with Gasteiger partial charge in [0.25, 0.3) is 0 Å². The van der Waals surface area contributed by atoms with E-state index in [1.807, 2.05) is 31.2 Å². The summed E-state index contributed by atoms with van der Waals surface area (Å²) in [6, 6.07) is 7.08. The molecule has 1 aromatic heterocycles. The highest BCUT2D eigenvalue weighted by molar-refractivity contribution is 6.30. The summed E-state index contributed by atoms with van der Waals surface area (Å²) in [5.74, 6) is 1.72. The molecule has 1 aliphatic heterocycles. The normalized spacial score (nSPS) is 26.3. The third kappa shape index (κ3) is 3.97. The van der Waals surface area contributed by atoms with Crippen LogP contribution in [0.5, 0.6) is 0 Å². The van der Waals surface area contributed by atoms with Crippen molar-refractivity contribution < 1.29 is 9.53 Å². The van der Waals surface area contributed by atoms with Crippen LogP contribution in [0.1, 0.15) is 58.6 Å². The first kappa shape index (κ1) is 20.9. The van der Waals surface area contributed by atoms with Gasteiger partial charge >= 0.3 is 5.97 Å². The predicted octanol–water partition coefficient (Wildman–Crippen LogP) is 5.22. The Labute approximate surface area is 182 Å². The van der Waals surface area contributed by atoms with E-state index in [2.05, 4.69) is 36.2 Å². The maximum Gasteiger partial charge on any atom is 0.338 e. The lowest BCUT2D eigenvalue weighted by Crippen LogP contribution is -2.38. The second kappa shape index (κ2) is 8.42. The quantitative estimate of drug-likeness (QED) is 0.675. The number of nitrogens with one attached hydrogen (secondary N) is 1. The Morgan fingerprint density at radius 2 is 2.13 bits per heavy atom. The summed E-state index contributed by atoms with van der Waals surface area (Å²) in [6.45, 7) is 8.55. The molecule has 0 amide bonds. The first-order valence-corrected chi connectivity index (χ1v) is 11.1. The fourth-order valence-electron chi connectivity index (χ4n) is 4.79. The molecule has 1 aromatic carbocycles. The molecule has 30 heavy (non-hydrogen) atoms. The lowest BCUT2D eigenvalue weighted by molar-refractivity contribution is -0.151. The third-order valence-corrected chi connectivity index (χ3v) is 6.63. The molecule has 6 nitrogen and oxygen atoms in total. The third-order valence-electron chi connectivity index (χ3n) is 6.40. The highest BCUT2D eigenvalue weighted by atomic mass is 35.5. The van der Waals surface area contributed by atoms with E-state index in [0.717, 1.165) is 24.1 Å². The average Bonchev–Trinajstić information content (AvgIpc) is 3.14. The van der Waals surface area contributed by atoms with Crippen molar-refractivity contribution in [3.05, 3.63) is 52.4 Å². The molecule has 2 aliphatic rings. The number of fused-ring (bicyclic) bond motifs is 1. The van der Waals surface area contributed by atoms with Crippen molar-refractivity contribution in [2.24, 2.45) is 17.8 Å². The Kier molecular flexibility index (Phi) is 5.87. The van der Waals surface area contributed by atoms with E-state index in [1.165, 1.54) is 12.7 Å². The molecule has 0 bridgehead atoms. The number of hydrogen-bond donors (Lipinski definition) is 1. The van der Waals surface area contributed by atoms with Gasteiger partial charge in [-0.2, -0.15) is 10.1 Å². The molecule has 1 fully saturated rings. The molecule has 1 aliphatic carbocycles. The lowest BCUT2D eigenvalue weighted by atomic mass is 9.75. The first-order valence-electron chi connectivity index (χ1n) is 10.7. The largest absolute Gasteiger partial charge is 0.459 e. The number of hydrogen-bond acceptors (Lipinski definition) is 5. The monoisotopic (exact) mass is 428 g/mol. The Balaban J connectivity index is 1.69. The number of ether oxygens (including phenoxy) is 1. The summed E-state index contributed by atoms with van der Waals surface area (Å²) in [4.78, 5) is 17.8. The molecule has 1 saturated carbocycles. The van der Waals surface area contributed by atoms with Gasteiger partial charge in [-0.25, -0.2) is 9.48 Å². The van der Waals surface area contributed by atoms with Crippen LogP contribution in [0.4, 0.5) is 5.95 Å². The first-order chi connectivity index (χ1) is 14.3. The lowest BCUT2D eigenvalue weighted by Gasteiger charge is -2.37. The van der Waals surface area contributed by atoms with Crippen molar-refractivity contribution in [3.8, 4) is 0 Å². The van der Waals surface area contributed by atoms with E-state index >= 15 is 0 Å². The minimum Gasteiger partial charge on any atom is -0.459 e. The summed E-state index contributed by atoms with van der Waals surface area (Å²) in [7, 11) is 0. The number of benzene rings is 1. The van der Waals surface area contributed by atoms with Crippen LogP contribution in [0.15, 0.2) is 41.9 Å². The number of aromatic nitrogens is 3. The van der Waals surface area contributed by atoms with Crippen LogP contribution in [0.2, 0.25) is 5.02 Å². The minimum atomic E-state index is -0.437. The van der Waals surface area contributed by atoms with Crippen molar-refractivity contribution in [2.45, 2.75) is 59.1 Å². The fraction of sp³-hybridized carbons (Fsp3) is 0.522. The molecule has 4 atom stereocenters. The van der Waals surface area contributed by atoms with Gasteiger partial charge in [0.1, 0.15) is 18.5 Å². The van der Waals surface area contributed by atoms with Gasteiger partial charge in [-0.1, -0.05) is 50.9 Å². The number of rotatable bonds is 4. The highest BCUT2D eigenvalue weighted by Gasteiger charge is 2.38. The van der Waals surface area contributed by atoms with E-state index in [4.69, 9.17) is 16.3 Å². The molecule has 2 aromatic rings. The zero-order valence-electron chi connectivity index (χ0n) is 17.9. The van der Waals surface area contributed by atoms with E-state index in [-0.39, 0.29) is 12.1 Å². The highest BCUT2D eigenvalue weighted by Crippen LogP contribution is 2.39. The zero-order valence-corrected chi connectivity index (χ0v) is 18.7. The van der Waals surface area contributed by atoms with Crippen molar-refractivity contribution >= 4 is 23.5 Å². The fourth-order valence-corrected chi connectivity index (χ4v) is 4.99. The summed E-state index contributed by atoms with van der Waals surface area (Å²) in [5, 5.41) is 8.18. The van der Waals surface area contributed by atoms with Crippen LogP contribution in [-0.2, 0) is 9.53 Å². The Hall–Kier alpha value is -2.34. The van der Waals surface area contributed by atoms with Crippen molar-refractivity contribution in [1.82, 2.24) is 14.8 Å². The molecule has 4 rings (SSSR count). The van der Waals surface area contributed by atoms with Gasteiger partial charge in [0.2, 0.25) is 5.95 Å². The van der Waals surface area contributed by atoms with Gasteiger partial charge in [0.05, 0.1) is 5.57 Å². The number of halogens is 1. The SMILES string of the molecule is CC1=C(C(=O)O[C@@H]2C[C@H](C)CC[C@H]2C(C)C)[C@H](c2cccc(Cl)c2)n2ncnc2N1. The molecular weight excluding hydrogens is 400 g/mol. The minimum absolute atomic E-state index is 0.0706. The number of esters is 1. The van der Waals surface area contributed by atoms with Crippen molar-refractivity contribution in [2.75, 3.05) is 5.32 Å². The molecule has 160 valence electrons. The predicted molar refractivity (Wildman–Crippen MR) is 117 cm³/mol. The summed E-state index contributed by atoms with van der Waals surface area (Å²) in [5.41, 5.74) is 2.16. The van der Waals surface area contributed by atoms with Gasteiger partial charge in [0.15, 0.2) is 0 Å². The summed E-state index contributed by atoms with van der Waals surface area (Å²) >= 11 is 6.26. The summed E-state index contributed by atoms with van der Waals surface area (Å²) in [6.07, 6.45) is 4.61. The number of allylic oxidation sites excluding steroid dienone is 1. The zero-order chi connectivity index (χ0) is 21.4. The summed E-state index contributed by atoms with van der Waals surface area (Å²) < 4.78 is 7.91. The molecule has 1 N–H and O–H groups in total. The van der Waals surface area contributed by atoms with E-state index in [9.17, 15) is 4.79 Å². The number of anilines is 1. The molecule has 0 radical (unpaired) electrons. The van der Waals surface area contributed by atoms with Gasteiger partial charge in [0, 0.05) is 10.7 Å². The van der Waals surface area contributed by atoms with E-state index in [1.54, 1.807) is 4.68 Å². The molecule has 0 spiro atoms. The van der Waals surface area contributed by atoms with Crippen molar-refractivity contribution in [3.63, 3.8) is 0 Å². The van der Waals surface area contributed by atoms with Gasteiger partial charge in [-0.05, 0) is 55.2 Å². The average molecular weight is 429 g/mol. The van der Waals surface area contributed by atoms with Crippen LogP contribution in [0.3, 0.4) is 0 Å².